The second-order valence-corrected chi connectivity index (χ2v) is 5.69. The molecule has 0 spiro atoms. The van der Waals surface area contributed by atoms with Gasteiger partial charge in [-0.25, -0.2) is 0 Å². The van der Waals surface area contributed by atoms with Gasteiger partial charge < -0.3 is 21.3 Å². The molecule has 1 aliphatic heterocycles. The van der Waals surface area contributed by atoms with Crippen molar-refractivity contribution in [3.05, 3.63) is 0 Å². The molecule has 0 aliphatic carbocycles. The van der Waals surface area contributed by atoms with E-state index in [0.29, 0.717) is 6.04 Å². The van der Waals surface area contributed by atoms with Crippen LogP contribution in [0.3, 0.4) is 0 Å². The Bertz CT molecular complexity index is 330. The fraction of sp³-hybridized carbons (Fsp3) is 0.857. The zero-order valence-corrected chi connectivity index (χ0v) is 13.0. The van der Waals surface area contributed by atoms with Crippen LogP contribution in [0.5, 0.6) is 0 Å². The summed E-state index contributed by atoms with van der Waals surface area (Å²) in [6.45, 7) is 7.94. The molecule has 1 aliphatic rings. The van der Waals surface area contributed by atoms with Gasteiger partial charge in [0.25, 0.3) is 0 Å². The van der Waals surface area contributed by atoms with Gasteiger partial charge >= 0.3 is 0 Å². The smallest absolute Gasteiger partial charge is 0.221 e. The molecule has 1 rings (SSSR count). The molecule has 4 N–H and O–H groups in total. The summed E-state index contributed by atoms with van der Waals surface area (Å²) in [5, 5.41) is 6.55. The first-order chi connectivity index (χ1) is 9.52. The fourth-order valence-corrected chi connectivity index (χ4v) is 2.47. The van der Waals surface area contributed by atoms with E-state index in [1.807, 2.05) is 0 Å². The van der Waals surface area contributed by atoms with Crippen molar-refractivity contribution in [3.63, 3.8) is 0 Å². The molecule has 1 saturated heterocycles. The summed E-state index contributed by atoms with van der Waals surface area (Å²) in [6.07, 6.45) is 3.04. The number of nitrogens with zero attached hydrogens (tertiary/aromatic N) is 2. The number of hydrogen-bond donors (Lipinski definition) is 3. The van der Waals surface area contributed by atoms with E-state index in [-0.39, 0.29) is 11.8 Å². The monoisotopic (exact) mass is 283 g/mol. The predicted octanol–water partition coefficient (Wildman–Crippen LogP) is 0.147. The predicted molar refractivity (Wildman–Crippen MR) is 82.6 cm³/mol. The van der Waals surface area contributed by atoms with Crippen molar-refractivity contribution < 1.29 is 4.79 Å². The summed E-state index contributed by atoms with van der Waals surface area (Å²) in [6, 6.07) is 0.375. The standard InChI is InChI=1S/C14H29N5O/c1-11(2)18-14(16-3)17-7-5-9-19-8-4-6-12(10-19)13(15)20/h11-12H,4-10H2,1-3H3,(H2,15,20)(H2,16,17,18). The molecule has 1 heterocycles. The van der Waals surface area contributed by atoms with Crippen LogP contribution in [0.2, 0.25) is 0 Å². The van der Waals surface area contributed by atoms with Crippen LogP contribution in [0, 0.1) is 5.92 Å². The van der Waals surface area contributed by atoms with Crippen LogP contribution in [-0.4, -0.2) is 56.0 Å². The number of aliphatic imine (C=N–C) groups is 1. The average Bonchev–Trinajstić information content (AvgIpc) is 2.42. The number of guanidine groups is 1. The second kappa shape index (κ2) is 8.79. The summed E-state index contributed by atoms with van der Waals surface area (Å²) in [5.41, 5.74) is 5.39. The van der Waals surface area contributed by atoms with Crippen molar-refractivity contribution in [2.75, 3.05) is 33.2 Å². The van der Waals surface area contributed by atoms with Gasteiger partial charge in [-0.15, -0.1) is 0 Å². The number of piperidine rings is 1. The highest BCUT2D eigenvalue weighted by Gasteiger charge is 2.23. The van der Waals surface area contributed by atoms with Gasteiger partial charge in [0.1, 0.15) is 0 Å². The zero-order chi connectivity index (χ0) is 15.0. The highest BCUT2D eigenvalue weighted by atomic mass is 16.1. The Morgan fingerprint density at radius 2 is 2.25 bits per heavy atom. The maximum Gasteiger partial charge on any atom is 0.221 e. The van der Waals surface area contributed by atoms with Crippen molar-refractivity contribution >= 4 is 11.9 Å². The Labute approximate surface area is 122 Å². The van der Waals surface area contributed by atoms with Gasteiger partial charge in [0, 0.05) is 26.2 Å². The lowest BCUT2D eigenvalue weighted by molar-refractivity contribution is -0.123. The lowest BCUT2D eigenvalue weighted by atomic mass is 9.97. The number of likely N-dealkylation sites (tertiary alicyclic amines) is 1. The number of carbonyl (C=O) groups excluding carboxylic acids is 1. The topological polar surface area (TPSA) is 82.8 Å². The third kappa shape index (κ3) is 6.23. The minimum absolute atomic E-state index is 0.0343. The molecule has 0 saturated carbocycles. The van der Waals surface area contributed by atoms with Crippen LogP contribution >= 0.6 is 0 Å². The van der Waals surface area contributed by atoms with Crippen LogP contribution in [0.15, 0.2) is 4.99 Å². The van der Waals surface area contributed by atoms with E-state index in [2.05, 4.69) is 34.4 Å². The first kappa shape index (κ1) is 16.8. The van der Waals surface area contributed by atoms with Crippen molar-refractivity contribution in [2.24, 2.45) is 16.6 Å². The van der Waals surface area contributed by atoms with Crippen LogP contribution in [-0.2, 0) is 4.79 Å². The van der Waals surface area contributed by atoms with Gasteiger partial charge in [0.05, 0.1) is 5.92 Å². The van der Waals surface area contributed by atoms with Crippen LogP contribution in [0.1, 0.15) is 33.1 Å². The first-order valence-corrected chi connectivity index (χ1v) is 7.51. The number of amides is 1. The van der Waals surface area contributed by atoms with Gasteiger partial charge in [-0.1, -0.05) is 0 Å². The highest BCUT2D eigenvalue weighted by molar-refractivity contribution is 5.79. The van der Waals surface area contributed by atoms with Gasteiger partial charge in [-0.3, -0.25) is 9.79 Å². The van der Waals surface area contributed by atoms with Crippen LogP contribution in [0.4, 0.5) is 0 Å². The Kier molecular flexibility index (Phi) is 7.36. The van der Waals surface area contributed by atoms with Crippen LogP contribution < -0.4 is 16.4 Å². The van der Waals surface area contributed by atoms with Crippen molar-refractivity contribution in [3.8, 4) is 0 Å². The lowest BCUT2D eigenvalue weighted by Crippen LogP contribution is -2.44. The maximum atomic E-state index is 11.2. The summed E-state index contributed by atoms with van der Waals surface area (Å²) in [4.78, 5) is 17.7. The summed E-state index contributed by atoms with van der Waals surface area (Å²) >= 11 is 0. The summed E-state index contributed by atoms with van der Waals surface area (Å²) in [7, 11) is 1.78. The van der Waals surface area contributed by atoms with E-state index in [1.165, 1.54) is 0 Å². The quantitative estimate of drug-likeness (QED) is 0.368. The molecule has 20 heavy (non-hydrogen) atoms. The minimum atomic E-state index is -0.158. The van der Waals surface area contributed by atoms with Crippen molar-refractivity contribution in [1.29, 1.82) is 0 Å². The van der Waals surface area contributed by atoms with E-state index >= 15 is 0 Å². The molecule has 0 bridgehead atoms. The molecule has 6 nitrogen and oxygen atoms in total. The largest absolute Gasteiger partial charge is 0.369 e. The first-order valence-electron chi connectivity index (χ1n) is 7.51. The number of primary amides is 1. The molecule has 1 unspecified atom stereocenters. The van der Waals surface area contributed by atoms with Crippen molar-refractivity contribution in [1.82, 2.24) is 15.5 Å². The molecule has 0 aromatic rings. The minimum Gasteiger partial charge on any atom is -0.369 e. The average molecular weight is 283 g/mol. The Morgan fingerprint density at radius 1 is 1.50 bits per heavy atom. The molecule has 116 valence electrons. The van der Waals surface area contributed by atoms with Crippen molar-refractivity contribution in [2.45, 2.75) is 39.2 Å². The molecule has 1 atom stereocenters. The third-order valence-corrected chi connectivity index (χ3v) is 3.50. The molecule has 0 aromatic heterocycles. The number of nitrogens with two attached hydrogens (primary N) is 1. The molecular formula is C14H29N5O. The fourth-order valence-electron chi connectivity index (χ4n) is 2.47. The Hall–Kier alpha value is -1.30. The summed E-state index contributed by atoms with van der Waals surface area (Å²) < 4.78 is 0. The van der Waals surface area contributed by atoms with E-state index in [4.69, 9.17) is 5.73 Å². The van der Waals surface area contributed by atoms with E-state index in [9.17, 15) is 4.79 Å². The normalized spacial score (nSPS) is 21.0. The highest BCUT2D eigenvalue weighted by Crippen LogP contribution is 2.15. The number of hydrogen-bond acceptors (Lipinski definition) is 3. The van der Waals surface area contributed by atoms with Gasteiger partial charge in [-0.2, -0.15) is 0 Å². The number of carbonyl (C=O) groups is 1. The molecule has 1 fully saturated rings. The zero-order valence-electron chi connectivity index (χ0n) is 13.0. The number of nitrogens with one attached hydrogen (secondary N) is 2. The molecule has 0 radical (unpaired) electrons. The van der Waals surface area contributed by atoms with Gasteiger partial charge in [0.15, 0.2) is 5.96 Å². The van der Waals surface area contributed by atoms with Gasteiger partial charge in [0.2, 0.25) is 5.91 Å². The van der Waals surface area contributed by atoms with E-state index < -0.39 is 0 Å². The van der Waals surface area contributed by atoms with E-state index in [0.717, 1.165) is 51.4 Å². The summed E-state index contributed by atoms with van der Waals surface area (Å²) in [5.74, 6) is 0.718. The molecule has 6 heteroatoms. The molecule has 1 amide bonds. The maximum absolute atomic E-state index is 11.2. The Balaban J connectivity index is 2.19. The number of rotatable bonds is 6. The van der Waals surface area contributed by atoms with Crippen LogP contribution in [0.25, 0.3) is 0 Å². The Morgan fingerprint density at radius 3 is 2.85 bits per heavy atom. The third-order valence-electron chi connectivity index (χ3n) is 3.50. The van der Waals surface area contributed by atoms with Gasteiger partial charge in [-0.05, 0) is 46.2 Å². The van der Waals surface area contributed by atoms with E-state index in [1.54, 1.807) is 7.05 Å². The second-order valence-electron chi connectivity index (χ2n) is 5.69. The SMILES string of the molecule is CN=C(NCCCN1CCCC(C(N)=O)C1)NC(C)C. The molecular weight excluding hydrogens is 254 g/mol. The lowest BCUT2D eigenvalue weighted by Gasteiger charge is -2.31. The molecule has 0 aromatic carbocycles.